The summed E-state index contributed by atoms with van der Waals surface area (Å²) >= 11 is 0. The van der Waals surface area contributed by atoms with E-state index < -0.39 is 0 Å². The number of nitrogens with one attached hydrogen (secondary N) is 2. The fourth-order valence-corrected chi connectivity index (χ4v) is 1.92. The van der Waals surface area contributed by atoms with Crippen LogP contribution in [-0.2, 0) is 6.54 Å². The van der Waals surface area contributed by atoms with E-state index in [0.29, 0.717) is 30.6 Å². The zero-order valence-electron chi connectivity index (χ0n) is 13.5. The van der Waals surface area contributed by atoms with Crippen molar-refractivity contribution in [3.63, 3.8) is 0 Å². The van der Waals surface area contributed by atoms with Gasteiger partial charge in [-0.25, -0.2) is 0 Å². The first-order valence-corrected chi connectivity index (χ1v) is 7.07. The lowest BCUT2D eigenvalue weighted by molar-refractivity contribution is 0.311. The minimum Gasteiger partial charge on any atom is -0.493 e. The molecule has 1 aromatic heterocycles. The molecule has 23 heavy (non-hydrogen) atoms. The predicted octanol–water partition coefficient (Wildman–Crippen LogP) is 3.49. The number of halogens is 1. The monoisotopic (exact) mass is 431 g/mol. The molecule has 2 N–H and O–H groups in total. The zero-order chi connectivity index (χ0) is 15.8. The minimum atomic E-state index is 0. The van der Waals surface area contributed by atoms with Crippen molar-refractivity contribution in [3.8, 4) is 11.5 Å². The molecule has 0 radical (unpaired) electrons. The summed E-state index contributed by atoms with van der Waals surface area (Å²) in [4.78, 5) is 4.18. The van der Waals surface area contributed by atoms with E-state index in [2.05, 4.69) is 15.6 Å². The number of anilines is 1. The summed E-state index contributed by atoms with van der Waals surface area (Å²) in [7, 11) is 3.33. The molecule has 1 heterocycles. The molecule has 0 aliphatic heterocycles. The summed E-state index contributed by atoms with van der Waals surface area (Å²) in [6, 6.07) is 9.39. The molecule has 1 aromatic carbocycles. The Bertz CT molecular complexity index is 615. The average molecular weight is 431 g/mol. The van der Waals surface area contributed by atoms with Gasteiger partial charge < -0.3 is 24.5 Å². The van der Waals surface area contributed by atoms with Gasteiger partial charge in [0.15, 0.2) is 17.5 Å². The summed E-state index contributed by atoms with van der Waals surface area (Å²) in [5, 5.41) is 6.38. The number of aliphatic imine (C=N–C) groups is 1. The predicted molar refractivity (Wildman–Crippen MR) is 102 cm³/mol. The van der Waals surface area contributed by atoms with Crippen molar-refractivity contribution >= 4 is 35.6 Å². The van der Waals surface area contributed by atoms with Crippen LogP contribution in [0, 0.1) is 0 Å². The van der Waals surface area contributed by atoms with Crippen LogP contribution in [0.5, 0.6) is 11.5 Å². The molecule has 0 amide bonds. The zero-order valence-corrected chi connectivity index (χ0v) is 15.8. The maximum Gasteiger partial charge on any atom is 0.195 e. The highest BCUT2D eigenvalue weighted by molar-refractivity contribution is 14.0. The summed E-state index contributed by atoms with van der Waals surface area (Å²) < 4.78 is 16.1. The number of hydrogen-bond donors (Lipinski definition) is 2. The molecule has 0 bridgehead atoms. The second kappa shape index (κ2) is 9.98. The van der Waals surface area contributed by atoms with Gasteiger partial charge in [-0.2, -0.15) is 0 Å². The lowest BCUT2D eigenvalue weighted by Crippen LogP contribution is -2.30. The van der Waals surface area contributed by atoms with Gasteiger partial charge in [0.2, 0.25) is 0 Å². The van der Waals surface area contributed by atoms with E-state index in [-0.39, 0.29) is 24.0 Å². The van der Waals surface area contributed by atoms with Crippen LogP contribution in [-0.4, -0.2) is 26.7 Å². The highest BCUT2D eigenvalue weighted by Gasteiger charge is 2.07. The third-order valence-corrected chi connectivity index (χ3v) is 2.96. The number of guanidine groups is 1. The van der Waals surface area contributed by atoms with Crippen molar-refractivity contribution in [2.45, 2.75) is 13.5 Å². The van der Waals surface area contributed by atoms with Crippen molar-refractivity contribution in [3.05, 3.63) is 42.4 Å². The number of furan rings is 1. The SMILES string of the molecule is CCOc1cc(NC(=NC)NCc2ccco2)ccc1OC.I. The normalized spacial score (nSPS) is 10.7. The molecule has 2 aromatic rings. The molecule has 0 saturated carbocycles. The fourth-order valence-electron chi connectivity index (χ4n) is 1.92. The topological polar surface area (TPSA) is 68.0 Å². The molecule has 0 saturated heterocycles. The van der Waals surface area contributed by atoms with Gasteiger partial charge in [-0.1, -0.05) is 0 Å². The van der Waals surface area contributed by atoms with E-state index in [1.54, 1.807) is 20.4 Å². The van der Waals surface area contributed by atoms with Gasteiger partial charge in [0.25, 0.3) is 0 Å². The van der Waals surface area contributed by atoms with E-state index in [9.17, 15) is 0 Å². The largest absolute Gasteiger partial charge is 0.493 e. The molecule has 0 spiro atoms. The number of benzene rings is 1. The van der Waals surface area contributed by atoms with Gasteiger partial charge in [-0.15, -0.1) is 24.0 Å². The van der Waals surface area contributed by atoms with Crippen LogP contribution in [0.1, 0.15) is 12.7 Å². The molecule has 7 heteroatoms. The van der Waals surface area contributed by atoms with Crippen molar-refractivity contribution in [1.82, 2.24) is 5.32 Å². The Hall–Kier alpha value is -1.90. The number of hydrogen-bond acceptors (Lipinski definition) is 4. The van der Waals surface area contributed by atoms with Crippen molar-refractivity contribution in [2.24, 2.45) is 4.99 Å². The van der Waals surface area contributed by atoms with E-state index >= 15 is 0 Å². The molecule has 126 valence electrons. The molecule has 6 nitrogen and oxygen atoms in total. The van der Waals surface area contributed by atoms with Crippen LogP contribution in [0.4, 0.5) is 5.69 Å². The molecule has 0 unspecified atom stereocenters. The average Bonchev–Trinajstić information content (AvgIpc) is 3.05. The first-order valence-electron chi connectivity index (χ1n) is 7.07. The lowest BCUT2D eigenvalue weighted by atomic mass is 10.2. The Morgan fingerprint density at radius 2 is 2.09 bits per heavy atom. The summed E-state index contributed by atoms with van der Waals surface area (Å²) in [5.41, 5.74) is 0.858. The number of nitrogens with zero attached hydrogens (tertiary/aromatic N) is 1. The molecular formula is C16H22IN3O3. The maximum absolute atomic E-state index is 5.56. The number of rotatable bonds is 6. The fraction of sp³-hybridized carbons (Fsp3) is 0.312. The van der Waals surface area contributed by atoms with Gasteiger partial charge in [-0.3, -0.25) is 4.99 Å². The molecular weight excluding hydrogens is 409 g/mol. The highest BCUT2D eigenvalue weighted by Crippen LogP contribution is 2.30. The van der Waals surface area contributed by atoms with Gasteiger partial charge in [0.05, 0.1) is 26.5 Å². The second-order valence-corrected chi connectivity index (χ2v) is 4.43. The number of methoxy groups -OCH3 is 1. The minimum absolute atomic E-state index is 0. The van der Waals surface area contributed by atoms with Crippen LogP contribution in [0.2, 0.25) is 0 Å². The van der Waals surface area contributed by atoms with Crippen LogP contribution in [0.15, 0.2) is 46.0 Å². The van der Waals surface area contributed by atoms with Gasteiger partial charge in [0, 0.05) is 18.8 Å². The third-order valence-electron chi connectivity index (χ3n) is 2.96. The third kappa shape index (κ3) is 5.66. The molecule has 0 aliphatic carbocycles. The van der Waals surface area contributed by atoms with E-state index in [0.717, 1.165) is 11.4 Å². The Balaban J connectivity index is 0.00000264. The standard InChI is InChI=1S/C16H21N3O3.HI/c1-4-21-15-10-12(7-8-14(15)20-3)19-16(17-2)18-11-13-6-5-9-22-13;/h5-10H,4,11H2,1-3H3,(H2,17,18,19);1H. The molecule has 0 atom stereocenters. The summed E-state index contributed by atoms with van der Waals surface area (Å²) in [6.45, 7) is 3.07. The summed E-state index contributed by atoms with van der Waals surface area (Å²) in [6.07, 6.45) is 1.64. The maximum atomic E-state index is 5.56. The first-order chi connectivity index (χ1) is 10.8. The Labute approximate surface area is 153 Å². The van der Waals surface area contributed by atoms with Crippen molar-refractivity contribution < 1.29 is 13.9 Å². The highest BCUT2D eigenvalue weighted by atomic mass is 127. The summed E-state index contributed by atoms with van der Waals surface area (Å²) in [5.74, 6) is 2.87. The number of ether oxygens (including phenoxy) is 2. The molecule has 2 rings (SSSR count). The van der Waals surface area contributed by atoms with E-state index in [4.69, 9.17) is 13.9 Å². The Morgan fingerprint density at radius 1 is 1.26 bits per heavy atom. The molecule has 0 fully saturated rings. The van der Waals surface area contributed by atoms with Crippen LogP contribution in [0.3, 0.4) is 0 Å². The quantitative estimate of drug-likeness (QED) is 0.417. The van der Waals surface area contributed by atoms with E-state index in [1.807, 2.05) is 37.3 Å². The van der Waals surface area contributed by atoms with E-state index in [1.165, 1.54) is 0 Å². The Morgan fingerprint density at radius 3 is 2.70 bits per heavy atom. The smallest absolute Gasteiger partial charge is 0.195 e. The second-order valence-electron chi connectivity index (χ2n) is 4.43. The van der Waals surface area contributed by atoms with Crippen LogP contribution < -0.4 is 20.1 Å². The Kier molecular flexibility index (Phi) is 8.31. The van der Waals surface area contributed by atoms with Gasteiger partial charge >= 0.3 is 0 Å². The lowest BCUT2D eigenvalue weighted by Gasteiger charge is -2.14. The van der Waals surface area contributed by atoms with Crippen LogP contribution in [0.25, 0.3) is 0 Å². The van der Waals surface area contributed by atoms with Crippen LogP contribution >= 0.6 is 24.0 Å². The van der Waals surface area contributed by atoms with Gasteiger partial charge in [-0.05, 0) is 31.2 Å². The first kappa shape index (κ1) is 19.1. The van der Waals surface area contributed by atoms with Crippen molar-refractivity contribution in [1.29, 1.82) is 0 Å². The van der Waals surface area contributed by atoms with Gasteiger partial charge in [0.1, 0.15) is 5.76 Å². The molecule has 0 aliphatic rings. The van der Waals surface area contributed by atoms with Crippen molar-refractivity contribution in [2.75, 3.05) is 26.1 Å².